The molecule has 1 heterocycles. The lowest BCUT2D eigenvalue weighted by Gasteiger charge is -2.17. The third kappa shape index (κ3) is 3.44. The second kappa shape index (κ2) is 4.20. The molecule has 0 aliphatic carbocycles. The molecule has 1 aromatic heterocycles. The predicted molar refractivity (Wildman–Crippen MR) is 56.0 cm³/mol. The smallest absolute Gasteiger partial charge is 0.0895 e. The van der Waals surface area contributed by atoms with Gasteiger partial charge in [0.05, 0.1) is 17.8 Å². The van der Waals surface area contributed by atoms with Crippen LogP contribution in [0.15, 0.2) is 5.51 Å². The van der Waals surface area contributed by atoms with Crippen molar-refractivity contribution in [3.8, 4) is 0 Å². The standard InChI is InChI=1S/C10H17NOS/c1-10(2,3)5-9-8(6-12-4)11-7-13-9/h7H,5-6H2,1-4H3. The quantitative estimate of drug-likeness (QED) is 0.746. The molecule has 13 heavy (non-hydrogen) atoms. The van der Waals surface area contributed by atoms with Crippen molar-refractivity contribution in [2.45, 2.75) is 33.8 Å². The first-order valence-corrected chi connectivity index (χ1v) is 5.31. The fourth-order valence-corrected chi connectivity index (χ4v) is 2.24. The van der Waals surface area contributed by atoms with Crippen molar-refractivity contribution in [2.75, 3.05) is 7.11 Å². The van der Waals surface area contributed by atoms with Gasteiger partial charge in [-0.3, -0.25) is 0 Å². The number of nitrogens with zero attached hydrogens (tertiary/aromatic N) is 1. The minimum Gasteiger partial charge on any atom is -0.378 e. The van der Waals surface area contributed by atoms with Crippen LogP contribution in [0.2, 0.25) is 0 Å². The van der Waals surface area contributed by atoms with Gasteiger partial charge in [0, 0.05) is 12.0 Å². The Balaban J connectivity index is 2.70. The molecule has 3 heteroatoms. The van der Waals surface area contributed by atoms with Crippen LogP contribution in [-0.4, -0.2) is 12.1 Å². The van der Waals surface area contributed by atoms with E-state index < -0.39 is 0 Å². The number of thiazole rings is 1. The number of hydrogen-bond donors (Lipinski definition) is 0. The molecule has 74 valence electrons. The lowest BCUT2D eigenvalue weighted by atomic mass is 9.91. The van der Waals surface area contributed by atoms with Crippen molar-refractivity contribution in [1.29, 1.82) is 0 Å². The van der Waals surface area contributed by atoms with E-state index in [0.717, 1.165) is 12.1 Å². The van der Waals surface area contributed by atoms with Crippen molar-refractivity contribution < 1.29 is 4.74 Å². The highest BCUT2D eigenvalue weighted by Crippen LogP contribution is 2.25. The van der Waals surface area contributed by atoms with Crippen LogP contribution >= 0.6 is 11.3 Å². The maximum Gasteiger partial charge on any atom is 0.0895 e. The van der Waals surface area contributed by atoms with Gasteiger partial charge >= 0.3 is 0 Å². The van der Waals surface area contributed by atoms with Crippen LogP contribution in [0.1, 0.15) is 31.3 Å². The molecule has 1 aromatic rings. The summed E-state index contributed by atoms with van der Waals surface area (Å²) in [6, 6.07) is 0. The van der Waals surface area contributed by atoms with Gasteiger partial charge in [0.1, 0.15) is 0 Å². The molecule has 0 N–H and O–H groups in total. The van der Waals surface area contributed by atoms with Gasteiger partial charge in [0.25, 0.3) is 0 Å². The molecule has 0 radical (unpaired) electrons. The van der Waals surface area contributed by atoms with Gasteiger partial charge < -0.3 is 4.74 Å². The maximum atomic E-state index is 5.09. The fourth-order valence-electron chi connectivity index (χ4n) is 1.17. The third-order valence-corrected chi connectivity index (χ3v) is 2.57. The largest absolute Gasteiger partial charge is 0.378 e. The highest BCUT2D eigenvalue weighted by molar-refractivity contribution is 7.09. The van der Waals surface area contributed by atoms with E-state index in [0.29, 0.717) is 12.0 Å². The Bertz CT molecular complexity index is 262. The molecular weight excluding hydrogens is 182 g/mol. The topological polar surface area (TPSA) is 22.1 Å². The molecule has 0 unspecified atom stereocenters. The van der Waals surface area contributed by atoms with Crippen LogP contribution in [0.4, 0.5) is 0 Å². The van der Waals surface area contributed by atoms with E-state index in [2.05, 4.69) is 25.8 Å². The first-order valence-electron chi connectivity index (χ1n) is 4.43. The summed E-state index contributed by atoms with van der Waals surface area (Å²) in [5.41, 5.74) is 3.33. The van der Waals surface area contributed by atoms with Crippen molar-refractivity contribution in [2.24, 2.45) is 5.41 Å². The molecule has 0 aromatic carbocycles. The Labute approximate surface area is 84.0 Å². The van der Waals surface area contributed by atoms with Gasteiger partial charge in [-0.1, -0.05) is 20.8 Å². The van der Waals surface area contributed by atoms with E-state index in [1.54, 1.807) is 18.4 Å². The van der Waals surface area contributed by atoms with Gasteiger partial charge in [0.15, 0.2) is 0 Å². The van der Waals surface area contributed by atoms with Crippen molar-refractivity contribution >= 4 is 11.3 Å². The number of hydrogen-bond acceptors (Lipinski definition) is 3. The zero-order chi connectivity index (χ0) is 9.90. The summed E-state index contributed by atoms with van der Waals surface area (Å²) in [5, 5.41) is 0. The zero-order valence-electron chi connectivity index (χ0n) is 8.76. The molecule has 1 rings (SSSR count). The van der Waals surface area contributed by atoms with E-state index in [4.69, 9.17) is 4.74 Å². The number of aromatic nitrogens is 1. The number of methoxy groups -OCH3 is 1. The third-order valence-electron chi connectivity index (χ3n) is 1.70. The lowest BCUT2D eigenvalue weighted by molar-refractivity contribution is 0.180. The van der Waals surface area contributed by atoms with Crippen molar-refractivity contribution in [3.05, 3.63) is 16.1 Å². The summed E-state index contributed by atoms with van der Waals surface area (Å²) in [4.78, 5) is 5.64. The van der Waals surface area contributed by atoms with Crippen LogP contribution in [0, 0.1) is 5.41 Å². The van der Waals surface area contributed by atoms with Gasteiger partial charge in [-0.05, 0) is 11.8 Å². The van der Waals surface area contributed by atoms with Crippen LogP contribution in [-0.2, 0) is 17.8 Å². The second-order valence-corrected chi connectivity index (χ2v) is 5.33. The van der Waals surface area contributed by atoms with E-state index in [1.807, 2.05) is 5.51 Å². The van der Waals surface area contributed by atoms with Gasteiger partial charge in [-0.25, -0.2) is 4.98 Å². The van der Waals surface area contributed by atoms with E-state index in [1.165, 1.54) is 4.88 Å². The minimum absolute atomic E-state index is 0.328. The maximum absolute atomic E-state index is 5.09. The molecule has 2 nitrogen and oxygen atoms in total. The van der Waals surface area contributed by atoms with Crippen LogP contribution in [0.3, 0.4) is 0 Å². The molecular formula is C10H17NOS. The van der Waals surface area contributed by atoms with E-state index in [9.17, 15) is 0 Å². The summed E-state index contributed by atoms with van der Waals surface area (Å²) in [7, 11) is 1.71. The average Bonchev–Trinajstić information content (AvgIpc) is 2.34. The summed E-state index contributed by atoms with van der Waals surface area (Å²) < 4.78 is 5.09. The summed E-state index contributed by atoms with van der Waals surface area (Å²) >= 11 is 1.73. The van der Waals surface area contributed by atoms with Crippen LogP contribution < -0.4 is 0 Å². The van der Waals surface area contributed by atoms with Crippen LogP contribution in [0.5, 0.6) is 0 Å². The molecule has 0 aliphatic rings. The lowest BCUT2D eigenvalue weighted by Crippen LogP contribution is -2.09. The Morgan fingerprint density at radius 1 is 1.46 bits per heavy atom. The van der Waals surface area contributed by atoms with Gasteiger partial charge in [0.2, 0.25) is 0 Å². The molecule has 0 bridgehead atoms. The number of ether oxygens (including phenoxy) is 1. The van der Waals surface area contributed by atoms with E-state index in [-0.39, 0.29) is 0 Å². The second-order valence-electron chi connectivity index (χ2n) is 4.39. The summed E-state index contributed by atoms with van der Waals surface area (Å²) in [5.74, 6) is 0. The molecule has 0 saturated heterocycles. The molecule has 0 saturated carbocycles. The summed E-state index contributed by atoms with van der Waals surface area (Å²) in [6.45, 7) is 7.35. The molecule has 0 aliphatic heterocycles. The SMILES string of the molecule is COCc1ncsc1CC(C)(C)C. The zero-order valence-corrected chi connectivity index (χ0v) is 9.57. The monoisotopic (exact) mass is 199 g/mol. The normalized spacial score (nSPS) is 12.0. The van der Waals surface area contributed by atoms with Crippen molar-refractivity contribution in [1.82, 2.24) is 4.98 Å². The number of rotatable bonds is 3. The van der Waals surface area contributed by atoms with Crippen LogP contribution in [0.25, 0.3) is 0 Å². The summed E-state index contributed by atoms with van der Waals surface area (Å²) in [6.07, 6.45) is 1.08. The predicted octanol–water partition coefficient (Wildman–Crippen LogP) is 2.88. The Hall–Kier alpha value is -0.410. The molecule has 0 amide bonds. The first-order chi connectivity index (χ1) is 6.03. The minimum atomic E-state index is 0.328. The van der Waals surface area contributed by atoms with E-state index >= 15 is 0 Å². The van der Waals surface area contributed by atoms with Crippen molar-refractivity contribution in [3.63, 3.8) is 0 Å². The highest BCUT2D eigenvalue weighted by Gasteiger charge is 2.15. The Morgan fingerprint density at radius 2 is 2.15 bits per heavy atom. The molecule has 0 atom stereocenters. The fraction of sp³-hybridized carbons (Fsp3) is 0.700. The highest BCUT2D eigenvalue weighted by atomic mass is 32.1. The van der Waals surface area contributed by atoms with Gasteiger partial charge in [-0.15, -0.1) is 11.3 Å². The Kier molecular flexibility index (Phi) is 3.45. The molecule has 0 fully saturated rings. The van der Waals surface area contributed by atoms with Gasteiger partial charge in [-0.2, -0.15) is 0 Å². The first kappa shape index (κ1) is 10.7. The Morgan fingerprint density at radius 3 is 2.69 bits per heavy atom. The average molecular weight is 199 g/mol. The molecule has 0 spiro atoms.